The molecule has 1 saturated heterocycles. The van der Waals surface area contributed by atoms with E-state index in [9.17, 15) is 18.8 Å². The van der Waals surface area contributed by atoms with Crippen LogP contribution in [0.15, 0.2) is 36.4 Å². The van der Waals surface area contributed by atoms with Crippen LogP contribution in [0.25, 0.3) is 0 Å². The minimum Gasteiger partial charge on any atom is -0.478 e. The van der Waals surface area contributed by atoms with Crippen LogP contribution in [0.2, 0.25) is 0 Å². The summed E-state index contributed by atoms with van der Waals surface area (Å²) in [5, 5.41) is 15.6. The predicted molar refractivity (Wildman–Crippen MR) is 96.2 cm³/mol. The molecule has 8 heteroatoms. The lowest BCUT2D eigenvalue weighted by atomic mass is 9.99. The zero-order chi connectivity index (χ0) is 20.2. The van der Waals surface area contributed by atoms with Gasteiger partial charge in [0.15, 0.2) is 5.78 Å². The van der Waals surface area contributed by atoms with Gasteiger partial charge in [0.1, 0.15) is 5.82 Å². The summed E-state index contributed by atoms with van der Waals surface area (Å²) in [6, 6.07) is 5.78. The maximum atomic E-state index is 12.8. The van der Waals surface area contributed by atoms with Crippen LogP contribution < -0.4 is 0 Å². The molecular formula is C19H24FNO6. The van der Waals surface area contributed by atoms with Crippen molar-refractivity contribution in [2.75, 3.05) is 32.8 Å². The SMILES string of the molecule is CC(CC(=O)c1ccc(F)cc1)CN1CCOCC1.O=C(O)/C=C/C(=O)O. The van der Waals surface area contributed by atoms with E-state index < -0.39 is 11.9 Å². The number of hydrogen-bond donors (Lipinski definition) is 2. The molecule has 1 aromatic carbocycles. The normalized spacial score (nSPS) is 15.6. The van der Waals surface area contributed by atoms with Gasteiger partial charge in [-0.15, -0.1) is 0 Å². The summed E-state index contributed by atoms with van der Waals surface area (Å²) >= 11 is 0. The molecule has 1 fully saturated rings. The fraction of sp³-hybridized carbons (Fsp3) is 0.421. The average molecular weight is 381 g/mol. The molecule has 0 saturated carbocycles. The topological polar surface area (TPSA) is 104 Å². The van der Waals surface area contributed by atoms with Crippen LogP contribution >= 0.6 is 0 Å². The number of aliphatic carboxylic acids is 2. The van der Waals surface area contributed by atoms with Crippen molar-refractivity contribution in [3.8, 4) is 0 Å². The van der Waals surface area contributed by atoms with Gasteiger partial charge in [0.25, 0.3) is 0 Å². The highest BCUT2D eigenvalue weighted by Crippen LogP contribution is 2.13. The third-order valence-electron chi connectivity index (χ3n) is 3.74. The van der Waals surface area contributed by atoms with Gasteiger partial charge in [-0.25, -0.2) is 14.0 Å². The molecule has 2 rings (SSSR count). The van der Waals surface area contributed by atoms with Gasteiger partial charge in [0.2, 0.25) is 0 Å². The average Bonchev–Trinajstić information content (AvgIpc) is 2.61. The quantitative estimate of drug-likeness (QED) is 0.550. The van der Waals surface area contributed by atoms with E-state index in [1.54, 1.807) is 12.1 Å². The van der Waals surface area contributed by atoms with Crippen LogP contribution in [0.5, 0.6) is 0 Å². The van der Waals surface area contributed by atoms with E-state index in [2.05, 4.69) is 11.8 Å². The van der Waals surface area contributed by atoms with Crippen LogP contribution in [0.4, 0.5) is 4.39 Å². The molecule has 1 atom stereocenters. The number of halogens is 1. The lowest BCUT2D eigenvalue weighted by molar-refractivity contribution is -0.134. The molecule has 0 aromatic heterocycles. The summed E-state index contributed by atoms with van der Waals surface area (Å²) in [5.74, 6) is -2.44. The van der Waals surface area contributed by atoms with Crippen molar-refractivity contribution in [2.45, 2.75) is 13.3 Å². The summed E-state index contributed by atoms with van der Waals surface area (Å²) in [6.45, 7) is 6.43. The summed E-state index contributed by atoms with van der Waals surface area (Å²) in [4.78, 5) is 33.5. The van der Waals surface area contributed by atoms with Gasteiger partial charge >= 0.3 is 11.9 Å². The Morgan fingerprint density at radius 2 is 1.63 bits per heavy atom. The van der Waals surface area contributed by atoms with Crippen LogP contribution in [0, 0.1) is 11.7 Å². The van der Waals surface area contributed by atoms with Crippen LogP contribution in [0.1, 0.15) is 23.7 Å². The van der Waals surface area contributed by atoms with Gasteiger partial charge in [-0.1, -0.05) is 6.92 Å². The highest BCUT2D eigenvalue weighted by atomic mass is 19.1. The predicted octanol–water partition coefficient (Wildman–Crippen LogP) is 2.08. The number of rotatable bonds is 7. The summed E-state index contributed by atoms with van der Waals surface area (Å²) in [5.41, 5.74) is 0.593. The third kappa shape index (κ3) is 10.2. The lowest BCUT2D eigenvalue weighted by Crippen LogP contribution is -2.39. The molecule has 0 amide bonds. The second-order valence-electron chi connectivity index (χ2n) is 6.16. The van der Waals surface area contributed by atoms with E-state index in [4.69, 9.17) is 14.9 Å². The molecule has 2 N–H and O–H groups in total. The molecular weight excluding hydrogens is 357 g/mol. The zero-order valence-corrected chi connectivity index (χ0v) is 15.1. The van der Waals surface area contributed by atoms with E-state index >= 15 is 0 Å². The fourth-order valence-electron chi connectivity index (χ4n) is 2.50. The Morgan fingerprint density at radius 3 is 2.11 bits per heavy atom. The number of benzene rings is 1. The zero-order valence-electron chi connectivity index (χ0n) is 15.1. The Balaban J connectivity index is 0.000000387. The number of ketones is 1. The first-order valence-corrected chi connectivity index (χ1v) is 8.50. The molecule has 0 radical (unpaired) electrons. The molecule has 1 aliphatic heterocycles. The van der Waals surface area contributed by atoms with Crippen molar-refractivity contribution >= 4 is 17.7 Å². The maximum Gasteiger partial charge on any atom is 0.328 e. The van der Waals surface area contributed by atoms with Crippen LogP contribution in [-0.2, 0) is 14.3 Å². The van der Waals surface area contributed by atoms with Gasteiger partial charge in [0, 0.05) is 43.8 Å². The van der Waals surface area contributed by atoms with Crippen molar-refractivity contribution in [3.63, 3.8) is 0 Å². The molecule has 27 heavy (non-hydrogen) atoms. The largest absolute Gasteiger partial charge is 0.478 e. The van der Waals surface area contributed by atoms with Crippen LogP contribution in [-0.4, -0.2) is 65.7 Å². The third-order valence-corrected chi connectivity index (χ3v) is 3.74. The Labute approximate surface area is 157 Å². The monoisotopic (exact) mass is 381 g/mol. The summed E-state index contributed by atoms with van der Waals surface area (Å²) in [7, 11) is 0. The fourth-order valence-corrected chi connectivity index (χ4v) is 2.50. The molecule has 1 aromatic rings. The number of nitrogens with zero attached hydrogens (tertiary/aromatic N) is 1. The summed E-state index contributed by atoms with van der Waals surface area (Å²) in [6.07, 6.45) is 1.62. The van der Waals surface area contributed by atoms with Crippen molar-refractivity contribution in [1.29, 1.82) is 0 Å². The molecule has 0 bridgehead atoms. The van der Waals surface area contributed by atoms with Crippen molar-refractivity contribution in [1.82, 2.24) is 4.90 Å². The number of hydrogen-bond acceptors (Lipinski definition) is 5. The van der Waals surface area contributed by atoms with E-state index in [0.717, 1.165) is 32.8 Å². The number of morpholine rings is 1. The van der Waals surface area contributed by atoms with Crippen molar-refractivity contribution in [2.24, 2.45) is 5.92 Å². The first-order chi connectivity index (χ1) is 12.8. The standard InChI is InChI=1S/C15H20FNO2.C4H4O4/c1-12(11-17-6-8-19-9-7-17)10-15(18)13-2-4-14(16)5-3-13;5-3(6)1-2-4(7)8/h2-5,12H,6-11H2,1H3;1-2H,(H,5,6)(H,7,8)/b;2-1+. The second kappa shape index (κ2) is 11.9. The maximum absolute atomic E-state index is 12.8. The lowest BCUT2D eigenvalue weighted by Gasteiger charge is -2.28. The van der Waals surface area contributed by atoms with Gasteiger partial charge < -0.3 is 14.9 Å². The van der Waals surface area contributed by atoms with E-state index in [1.807, 2.05) is 0 Å². The van der Waals surface area contributed by atoms with Gasteiger partial charge in [0.05, 0.1) is 13.2 Å². The second-order valence-corrected chi connectivity index (χ2v) is 6.16. The number of ether oxygens (including phenoxy) is 1. The molecule has 1 heterocycles. The van der Waals surface area contributed by atoms with Gasteiger partial charge in [-0.3, -0.25) is 9.69 Å². The van der Waals surface area contributed by atoms with Crippen LogP contribution in [0.3, 0.4) is 0 Å². The first kappa shape index (κ1) is 22.5. The smallest absolute Gasteiger partial charge is 0.328 e. The Hall–Kier alpha value is -2.58. The summed E-state index contributed by atoms with van der Waals surface area (Å²) < 4.78 is 18.1. The molecule has 0 spiro atoms. The van der Waals surface area contributed by atoms with Crippen molar-refractivity contribution in [3.05, 3.63) is 47.8 Å². The van der Waals surface area contributed by atoms with E-state index in [0.29, 0.717) is 30.1 Å². The number of carbonyl (C=O) groups excluding carboxylic acids is 1. The molecule has 7 nitrogen and oxygen atoms in total. The molecule has 1 unspecified atom stereocenters. The number of carboxylic acid groups (broad SMARTS) is 2. The highest BCUT2D eigenvalue weighted by Gasteiger charge is 2.16. The molecule has 148 valence electrons. The Bertz CT molecular complexity index is 637. The van der Waals surface area contributed by atoms with Gasteiger partial charge in [-0.2, -0.15) is 0 Å². The highest BCUT2D eigenvalue weighted by molar-refractivity contribution is 5.96. The number of Topliss-reactive ketones (excluding diaryl/α,β-unsaturated/α-hetero) is 1. The molecule has 1 aliphatic rings. The first-order valence-electron chi connectivity index (χ1n) is 8.50. The van der Waals surface area contributed by atoms with Gasteiger partial charge in [-0.05, 0) is 30.2 Å². The Kier molecular flexibility index (Phi) is 9.92. The minimum absolute atomic E-state index is 0.0840. The molecule has 0 aliphatic carbocycles. The number of carbonyl (C=O) groups is 3. The Morgan fingerprint density at radius 1 is 1.11 bits per heavy atom. The van der Waals surface area contributed by atoms with E-state index in [-0.39, 0.29) is 11.6 Å². The number of carboxylic acids is 2. The minimum atomic E-state index is -1.26. The van der Waals surface area contributed by atoms with Crippen molar-refractivity contribution < 1.29 is 33.7 Å². The van der Waals surface area contributed by atoms with E-state index in [1.165, 1.54) is 12.1 Å².